The second-order valence-electron chi connectivity index (χ2n) is 4.64. The van der Waals surface area contributed by atoms with Crippen molar-refractivity contribution in [3.05, 3.63) is 30.3 Å². The fourth-order valence-electron chi connectivity index (χ4n) is 1.50. The number of carbonyl (C=O) groups excluding carboxylic acids is 1. The van der Waals surface area contributed by atoms with Gasteiger partial charge in [-0.2, -0.15) is 0 Å². The molecule has 0 saturated heterocycles. The van der Waals surface area contributed by atoms with E-state index >= 15 is 0 Å². The maximum Gasteiger partial charge on any atom is 0.233 e. The van der Waals surface area contributed by atoms with Gasteiger partial charge in [-0.25, -0.2) is 0 Å². The molecule has 0 aliphatic heterocycles. The minimum Gasteiger partial charge on any atom is -0.379 e. The summed E-state index contributed by atoms with van der Waals surface area (Å²) in [6, 6.07) is 9.98. The molecule has 0 aliphatic rings. The van der Waals surface area contributed by atoms with Crippen LogP contribution in [0.15, 0.2) is 35.2 Å². The Bertz CT molecular complexity index is 368. The third kappa shape index (κ3) is 7.23. The highest BCUT2D eigenvalue weighted by Gasteiger charge is 2.13. The first-order valence-electron chi connectivity index (χ1n) is 6.70. The van der Waals surface area contributed by atoms with Crippen molar-refractivity contribution in [1.29, 1.82) is 0 Å². The lowest BCUT2D eigenvalue weighted by Gasteiger charge is -2.12. The Morgan fingerprint density at radius 3 is 2.58 bits per heavy atom. The van der Waals surface area contributed by atoms with Crippen molar-refractivity contribution in [2.45, 2.75) is 43.4 Å². The lowest BCUT2D eigenvalue weighted by molar-refractivity contribution is -0.120. The van der Waals surface area contributed by atoms with Crippen LogP contribution in [0.25, 0.3) is 0 Å². The van der Waals surface area contributed by atoms with Crippen LogP contribution >= 0.6 is 11.8 Å². The van der Waals surface area contributed by atoms with Gasteiger partial charge >= 0.3 is 0 Å². The molecular formula is C15H23NO2S. The predicted molar refractivity (Wildman–Crippen MR) is 80.5 cm³/mol. The van der Waals surface area contributed by atoms with Gasteiger partial charge in [0.25, 0.3) is 0 Å². The van der Waals surface area contributed by atoms with Crippen molar-refractivity contribution in [3.63, 3.8) is 0 Å². The molecule has 3 nitrogen and oxygen atoms in total. The summed E-state index contributed by atoms with van der Waals surface area (Å²) in [6.07, 6.45) is 1.11. The van der Waals surface area contributed by atoms with Gasteiger partial charge in [-0.15, -0.1) is 11.8 Å². The van der Waals surface area contributed by atoms with Crippen LogP contribution in [0.1, 0.15) is 27.2 Å². The fourth-order valence-corrected chi connectivity index (χ4v) is 2.42. The Morgan fingerprint density at radius 1 is 1.26 bits per heavy atom. The van der Waals surface area contributed by atoms with Gasteiger partial charge in [-0.05, 0) is 39.3 Å². The molecule has 0 bridgehead atoms. The summed E-state index contributed by atoms with van der Waals surface area (Å²) in [5, 5.41) is 2.86. The van der Waals surface area contributed by atoms with Gasteiger partial charge in [-0.3, -0.25) is 4.79 Å². The molecular weight excluding hydrogens is 258 g/mol. The van der Waals surface area contributed by atoms with E-state index in [-0.39, 0.29) is 17.3 Å². The molecule has 1 unspecified atom stereocenters. The molecule has 4 heteroatoms. The molecule has 1 rings (SSSR count). The number of amides is 1. The lowest BCUT2D eigenvalue weighted by Crippen LogP contribution is -2.32. The third-order valence-corrected chi connectivity index (χ3v) is 3.61. The molecule has 0 aromatic heterocycles. The van der Waals surface area contributed by atoms with E-state index in [0.29, 0.717) is 13.2 Å². The van der Waals surface area contributed by atoms with E-state index in [1.807, 2.05) is 51.1 Å². The smallest absolute Gasteiger partial charge is 0.233 e. The minimum absolute atomic E-state index is 0.0755. The highest BCUT2D eigenvalue weighted by molar-refractivity contribution is 8.00. The van der Waals surface area contributed by atoms with E-state index in [1.54, 1.807) is 11.8 Å². The minimum atomic E-state index is -0.0755. The van der Waals surface area contributed by atoms with E-state index in [0.717, 1.165) is 11.3 Å². The summed E-state index contributed by atoms with van der Waals surface area (Å²) in [4.78, 5) is 13.0. The Balaban J connectivity index is 2.18. The first kappa shape index (κ1) is 16.1. The molecule has 1 aromatic rings. The predicted octanol–water partition coefficient (Wildman–Crippen LogP) is 3.10. The van der Waals surface area contributed by atoms with Crippen molar-refractivity contribution in [2.75, 3.05) is 13.2 Å². The second kappa shape index (κ2) is 8.99. The monoisotopic (exact) mass is 281 g/mol. The van der Waals surface area contributed by atoms with Crippen LogP contribution in [0.3, 0.4) is 0 Å². The fraction of sp³-hybridized carbons (Fsp3) is 0.533. The van der Waals surface area contributed by atoms with Crippen molar-refractivity contribution in [1.82, 2.24) is 5.32 Å². The number of hydrogen-bond donors (Lipinski definition) is 1. The standard InChI is InChI=1S/C15H23NO2S/c1-12(2)18-11-7-10-16-15(17)13(3)19-14-8-5-4-6-9-14/h4-6,8-9,12-13H,7,10-11H2,1-3H3,(H,16,17). The van der Waals surface area contributed by atoms with Crippen LogP contribution in [-0.2, 0) is 9.53 Å². The normalized spacial score (nSPS) is 12.4. The summed E-state index contributed by atoms with van der Waals surface area (Å²) < 4.78 is 5.42. The zero-order valence-electron chi connectivity index (χ0n) is 11.9. The zero-order valence-corrected chi connectivity index (χ0v) is 12.7. The van der Waals surface area contributed by atoms with Gasteiger partial charge in [0.15, 0.2) is 0 Å². The van der Waals surface area contributed by atoms with Crippen molar-refractivity contribution < 1.29 is 9.53 Å². The summed E-state index contributed by atoms with van der Waals surface area (Å²) in [6.45, 7) is 7.31. The van der Waals surface area contributed by atoms with E-state index in [4.69, 9.17) is 4.74 Å². The van der Waals surface area contributed by atoms with Crippen molar-refractivity contribution in [3.8, 4) is 0 Å². The number of thioether (sulfide) groups is 1. The Labute approximate surface area is 120 Å². The SMILES string of the molecule is CC(C)OCCCNC(=O)C(C)Sc1ccccc1. The van der Waals surface area contributed by atoms with Gasteiger partial charge in [0.1, 0.15) is 0 Å². The van der Waals surface area contributed by atoms with Gasteiger partial charge in [0, 0.05) is 18.0 Å². The van der Waals surface area contributed by atoms with Gasteiger partial charge < -0.3 is 10.1 Å². The van der Waals surface area contributed by atoms with Gasteiger partial charge in [0.05, 0.1) is 11.4 Å². The number of benzene rings is 1. The van der Waals surface area contributed by atoms with Crippen molar-refractivity contribution in [2.24, 2.45) is 0 Å². The molecule has 1 amide bonds. The third-order valence-electron chi connectivity index (χ3n) is 2.50. The maximum atomic E-state index is 11.9. The maximum absolute atomic E-state index is 11.9. The summed E-state index contributed by atoms with van der Waals surface area (Å²) in [7, 11) is 0. The van der Waals surface area contributed by atoms with Crippen LogP contribution in [0, 0.1) is 0 Å². The topological polar surface area (TPSA) is 38.3 Å². The van der Waals surface area contributed by atoms with Crippen LogP contribution in [0.4, 0.5) is 0 Å². The number of rotatable bonds is 8. The van der Waals surface area contributed by atoms with Crippen molar-refractivity contribution >= 4 is 17.7 Å². The second-order valence-corrected chi connectivity index (χ2v) is 6.05. The molecule has 0 heterocycles. The molecule has 0 aliphatic carbocycles. The Morgan fingerprint density at radius 2 is 1.95 bits per heavy atom. The Hall–Kier alpha value is -1.00. The largest absolute Gasteiger partial charge is 0.379 e. The molecule has 0 fully saturated rings. The van der Waals surface area contributed by atoms with Gasteiger partial charge in [-0.1, -0.05) is 18.2 Å². The number of hydrogen-bond acceptors (Lipinski definition) is 3. The highest BCUT2D eigenvalue weighted by atomic mass is 32.2. The Kier molecular flexibility index (Phi) is 7.60. The molecule has 106 valence electrons. The molecule has 0 saturated carbocycles. The number of ether oxygens (including phenoxy) is 1. The molecule has 0 spiro atoms. The first-order chi connectivity index (χ1) is 9.09. The first-order valence-corrected chi connectivity index (χ1v) is 7.58. The lowest BCUT2D eigenvalue weighted by atomic mass is 10.4. The molecule has 1 N–H and O–H groups in total. The molecule has 1 aromatic carbocycles. The van der Waals surface area contributed by atoms with E-state index < -0.39 is 0 Å². The van der Waals surface area contributed by atoms with Crippen LogP contribution < -0.4 is 5.32 Å². The van der Waals surface area contributed by atoms with Crippen LogP contribution in [0.2, 0.25) is 0 Å². The molecule has 0 radical (unpaired) electrons. The molecule has 1 atom stereocenters. The van der Waals surface area contributed by atoms with E-state index in [9.17, 15) is 4.79 Å². The number of carbonyl (C=O) groups is 1. The highest BCUT2D eigenvalue weighted by Crippen LogP contribution is 2.22. The van der Waals surface area contributed by atoms with Gasteiger partial charge in [0.2, 0.25) is 5.91 Å². The summed E-state index contributed by atoms with van der Waals surface area (Å²) in [5.74, 6) is 0.0819. The average Bonchev–Trinajstić information content (AvgIpc) is 2.38. The van der Waals surface area contributed by atoms with Crippen LogP contribution in [-0.4, -0.2) is 30.4 Å². The van der Waals surface area contributed by atoms with Crippen LogP contribution in [0.5, 0.6) is 0 Å². The number of nitrogens with one attached hydrogen (secondary N) is 1. The molecule has 19 heavy (non-hydrogen) atoms. The van der Waals surface area contributed by atoms with E-state index in [1.165, 1.54) is 0 Å². The summed E-state index contributed by atoms with van der Waals surface area (Å²) in [5.41, 5.74) is 0. The summed E-state index contributed by atoms with van der Waals surface area (Å²) >= 11 is 1.58. The quantitative estimate of drug-likeness (QED) is 0.588. The zero-order chi connectivity index (χ0) is 14.1. The average molecular weight is 281 g/mol. The van der Waals surface area contributed by atoms with E-state index in [2.05, 4.69) is 5.32 Å².